The van der Waals surface area contributed by atoms with E-state index in [-0.39, 0.29) is 23.7 Å². The average Bonchev–Trinajstić information content (AvgIpc) is 3.30. The van der Waals surface area contributed by atoms with Crippen molar-refractivity contribution in [3.63, 3.8) is 0 Å². The van der Waals surface area contributed by atoms with Crippen LogP contribution in [0.3, 0.4) is 0 Å². The van der Waals surface area contributed by atoms with Crippen LogP contribution in [0.2, 0.25) is 0 Å². The molecule has 3 heterocycles. The number of halogens is 1. The number of aromatic nitrogens is 2. The molecule has 6 nitrogen and oxygen atoms in total. The van der Waals surface area contributed by atoms with Gasteiger partial charge in [0.2, 0.25) is 0 Å². The minimum Gasteiger partial charge on any atom is -0.335 e. The molecule has 1 aromatic carbocycles. The van der Waals surface area contributed by atoms with Gasteiger partial charge in [0, 0.05) is 31.6 Å². The number of nitriles is 1. The second-order valence-electron chi connectivity index (χ2n) is 7.95. The van der Waals surface area contributed by atoms with Gasteiger partial charge in [-0.15, -0.1) is 11.3 Å². The Kier molecular flexibility index (Phi) is 5.58. The second-order valence-corrected chi connectivity index (χ2v) is 8.98. The number of nitrogens with zero attached hydrogens (tertiary/aromatic N) is 5. The van der Waals surface area contributed by atoms with Crippen LogP contribution in [0.1, 0.15) is 29.2 Å². The maximum absolute atomic E-state index is 13.3. The molecule has 1 unspecified atom stereocenters. The minimum atomic E-state index is -0.295. The summed E-state index contributed by atoms with van der Waals surface area (Å²) in [6, 6.07) is 10.4. The Morgan fingerprint density at radius 2 is 1.87 bits per heavy atom. The highest BCUT2D eigenvalue weighted by molar-refractivity contribution is 7.20. The molecule has 156 valence electrons. The molecule has 4 rings (SSSR count). The fourth-order valence-corrected chi connectivity index (χ4v) is 5.07. The molecular weight excluding hydrogens is 401 g/mol. The fourth-order valence-electron chi connectivity index (χ4n) is 3.92. The number of thiophene rings is 1. The highest BCUT2D eigenvalue weighted by atomic mass is 32.1. The van der Waals surface area contributed by atoms with E-state index in [9.17, 15) is 14.4 Å². The van der Waals surface area contributed by atoms with Gasteiger partial charge in [0.25, 0.3) is 5.91 Å². The quantitative estimate of drug-likeness (QED) is 0.637. The summed E-state index contributed by atoms with van der Waals surface area (Å²) in [6.07, 6.45) is 0. The van der Waals surface area contributed by atoms with Crippen LogP contribution < -0.4 is 0 Å². The van der Waals surface area contributed by atoms with E-state index in [1.165, 1.54) is 23.5 Å². The third-order valence-electron chi connectivity index (χ3n) is 5.59. The lowest BCUT2D eigenvalue weighted by Crippen LogP contribution is -2.52. The van der Waals surface area contributed by atoms with E-state index in [1.807, 2.05) is 17.9 Å². The van der Waals surface area contributed by atoms with E-state index in [4.69, 9.17) is 0 Å². The summed E-state index contributed by atoms with van der Waals surface area (Å²) in [6.45, 7) is 8.65. The van der Waals surface area contributed by atoms with Crippen molar-refractivity contribution in [2.45, 2.75) is 26.8 Å². The summed E-state index contributed by atoms with van der Waals surface area (Å²) in [5, 5.41) is 14.9. The number of carbonyl (C=O) groups is 1. The van der Waals surface area contributed by atoms with Gasteiger partial charge >= 0.3 is 0 Å². The van der Waals surface area contributed by atoms with E-state index >= 15 is 0 Å². The molecule has 0 bridgehead atoms. The highest BCUT2D eigenvalue weighted by Gasteiger charge is 2.29. The zero-order valence-electron chi connectivity index (χ0n) is 17.3. The van der Waals surface area contributed by atoms with Gasteiger partial charge in [-0.3, -0.25) is 9.69 Å². The molecule has 0 radical (unpaired) electrons. The Morgan fingerprint density at radius 3 is 2.47 bits per heavy atom. The smallest absolute Gasteiger partial charge is 0.264 e. The highest BCUT2D eigenvalue weighted by Crippen LogP contribution is 2.31. The van der Waals surface area contributed by atoms with E-state index in [1.54, 1.807) is 16.8 Å². The van der Waals surface area contributed by atoms with Crippen molar-refractivity contribution < 1.29 is 9.18 Å². The molecule has 1 saturated heterocycles. The lowest BCUT2D eigenvalue weighted by Gasteiger charge is -2.38. The first-order valence-corrected chi connectivity index (χ1v) is 10.9. The van der Waals surface area contributed by atoms with Crippen LogP contribution in [0.5, 0.6) is 0 Å². The van der Waals surface area contributed by atoms with E-state index in [2.05, 4.69) is 29.9 Å². The monoisotopic (exact) mass is 425 g/mol. The molecule has 1 fully saturated rings. The first-order valence-electron chi connectivity index (χ1n) is 10.1. The normalized spacial score (nSPS) is 16.2. The first kappa shape index (κ1) is 20.5. The van der Waals surface area contributed by atoms with Gasteiger partial charge in [0.15, 0.2) is 0 Å². The number of amides is 1. The second kappa shape index (κ2) is 8.17. The first-order chi connectivity index (χ1) is 14.4. The zero-order valence-corrected chi connectivity index (χ0v) is 18.1. The Morgan fingerprint density at radius 1 is 1.20 bits per heavy atom. The molecule has 0 saturated carbocycles. The fraction of sp³-hybridized carbons (Fsp3) is 0.409. The van der Waals surface area contributed by atoms with Crippen LogP contribution in [-0.2, 0) is 0 Å². The summed E-state index contributed by atoms with van der Waals surface area (Å²) in [4.78, 5) is 18.7. The van der Waals surface area contributed by atoms with Crippen molar-refractivity contribution >= 4 is 27.5 Å². The number of hydrogen-bond donors (Lipinski definition) is 0. The Balaban J connectivity index is 1.54. The van der Waals surface area contributed by atoms with E-state index in [0.29, 0.717) is 31.1 Å². The van der Waals surface area contributed by atoms with Crippen LogP contribution in [-0.4, -0.2) is 57.7 Å². The number of fused-ring (bicyclic) bond motifs is 1. The third-order valence-corrected chi connectivity index (χ3v) is 6.68. The van der Waals surface area contributed by atoms with Gasteiger partial charge in [-0.1, -0.05) is 13.8 Å². The molecule has 1 aliphatic rings. The van der Waals surface area contributed by atoms with Crippen LogP contribution in [0.25, 0.3) is 15.9 Å². The number of carbonyl (C=O) groups excluding carboxylic acids is 1. The van der Waals surface area contributed by atoms with Gasteiger partial charge < -0.3 is 4.90 Å². The molecule has 1 atom stereocenters. The van der Waals surface area contributed by atoms with Crippen molar-refractivity contribution in [2.24, 2.45) is 5.92 Å². The van der Waals surface area contributed by atoms with Crippen molar-refractivity contribution in [1.82, 2.24) is 19.6 Å². The molecular formula is C22H24FN5OS. The summed E-state index contributed by atoms with van der Waals surface area (Å²) in [5.74, 6) is -0.0210. The Hall–Kier alpha value is -2.76. The molecule has 0 spiro atoms. The van der Waals surface area contributed by atoms with Gasteiger partial charge in [0.1, 0.15) is 16.7 Å². The third kappa shape index (κ3) is 3.71. The zero-order chi connectivity index (χ0) is 21.4. The number of piperazine rings is 1. The molecule has 2 aromatic heterocycles. The van der Waals surface area contributed by atoms with Crippen molar-refractivity contribution in [3.05, 3.63) is 46.7 Å². The van der Waals surface area contributed by atoms with Crippen LogP contribution in [0, 0.1) is 30.0 Å². The molecule has 1 amide bonds. The lowest BCUT2D eigenvalue weighted by atomic mass is 10.0. The van der Waals surface area contributed by atoms with Crippen LogP contribution in [0.4, 0.5) is 4.39 Å². The standard InChI is InChI=1S/C22H24FN5OS/c1-14(2)19(13-24)26-8-10-27(11-9-26)21(29)20-12-18-15(3)25-28(22(18)30-20)17-6-4-16(23)5-7-17/h4-7,12,14,19H,8-11H2,1-3H3. The molecule has 0 aliphatic carbocycles. The predicted molar refractivity (Wildman–Crippen MR) is 115 cm³/mol. The number of benzene rings is 1. The Bertz CT molecular complexity index is 1100. The van der Waals surface area contributed by atoms with E-state index in [0.717, 1.165) is 21.6 Å². The number of rotatable bonds is 4. The molecule has 3 aromatic rings. The number of hydrogen-bond acceptors (Lipinski definition) is 5. The maximum Gasteiger partial charge on any atom is 0.264 e. The van der Waals surface area contributed by atoms with Crippen LogP contribution >= 0.6 is 11.3 Å². The predicted octanol–water partition coefficient (Wildman–Crippen LogP) is 3.84. The SMILES string of the molecule is Cc1nn(-c2ccc(F)cc2)c2sc(C(=O)N3CCN(C(C#N)C(C)C)CC3)cc12. The largest absolute Gasteiger partial charge is 0.335 e. The van der Waals surface area contributed by atoms with Crippen molar-refractivity contribution in [1.29, 1.82) is 5.26 Å². The average molecular weight is 426 g/mol. The number of aryl methyl sites for hydroxylation is 1. The maximum atomic E-state index is 13.3. The molecule has 30 heavy (non-hydrogen) atoms. The van der Waals surface area contributed by atoms with Crippen molar-refractivity contribution in [2.75, 3.05) is 26.2 Å². The Labute approximate surface area is 179 Å². The summed E-state index contributed by atoms with van der Waals surface area (Å²) in [5.41, 5.74) is 1.60. The van der Waals surface area contributed by atoms with Gasteiger partial charge in [-0.05, 0) is 43.2 Å². The molecule has 8 heteroatoms. The molecule has 1 aliphatic heterocycles. The van der Waals surface area contributed by atoms with Crippen LogP contribution in [0.15, 0.2) is 30.3 Å². The van der Waals surface area contributed by atoms with Gasteiger partial charge in [-0.25, -0.2) is 9.07 Å². The summed E-state index contributed by atoms with van der Waals surface area (Å²) < 4.78 is 15.1. The molecule has 0 N–H and O–H groups in total. The van der Waals surface area contributed by atoms with Gasteiger partial charge in [0.05, 0.1) is 22.3 Å². The van der Waals surface area contributed by atoms with E-state index < -0.39 is 0 Å². The minimum absolute atomic E-state index is 0.0129. The summed E-state index contributed by atoms with van der Waals surface area (Å²) in [7, 11) is 0. The summed E-state index contributed by atoms with van der Waals surface area (Å²) >= 11 is 1.41. The topological polar surface area (TPSA) is 65.2 Å². The van der Waals surface area contributed by atoms with Gasteiger partial charge in [-0.2, -0.15) is 10.4 Å². The van der Waals surface area contributed by atoms with Crippen molar-refractivity contribution in [3.8, 4) is 11.8 Å². The lowest BCUT2D eigenvalue weighted by molar-refractivity contribution is 0.0581.